The molecule has 192 valence electrons. The summed E-state index contributed by atoms with van der Waals surface area (Å²) < 4.78 is 46.5. The maximum Gasteiger partial charge on any atom is 0.416 e. The number of benzene rings is 7. The molecule has 1 aromatic heterocycles. The summed E-state index contributed by atoms with van der Waals surface area (Å²) in [5.41, 5.74) is 5.95. The standard InChI is InChI=1S/C36H21F3O/c1-20-6-8-21(9-7-20)29-19-30(22-10-13-24(14-11-22)36(37,38)39)27-16-17-28-33-23(12-15-26(29)34(27)33)18-31-25-4-2-3-5-32(25)40-35(28)31/h2-19H,1H3. The van der Waals surface area contributed by atoms with Gasteiger partial charge in [0.1, 0.15) is 11.2 Å². The minimum Gasteiger partial charge on any atom is -0.455 e. The predicted octanol–water partition coefficient (Wildman–Crippen LogP) is 11.1. The number of hydrogen-bond donors (Lipinski definition) is 0. The van der Waals surface area contributed by atoms with Gasteiger partial charge in [-0.05, 0) is 87.1 Å². The first-order valence-electron chi connectivity index (χ1n) is 13.2. The first-order chi connectivity index (χ1) is 19.4. The molecular weight excluding hydrogens is 505 g/mol. The zero-order valence-electron chi connectivity index (χ0n) is 21.4. The van der Waals surface area contributed by atoms with Gasteiger partial charge in [0.25, 0.3) is 0 Å². The largest absolute Gasteiger partial charge is 0.455 e. The summed E-state index contributed by atoms with van der Waals surface area (Å²) in [5.74, 6) is 0. The molecule has 0 atom stereocenters. The average molecular weight is 527 g/mol. The Morgan fingerprint density at radius 2 is 1.18 bits per heavy atom. The van der Waals surface area contributed by atoms with Gasteiger partial charge in [0, 0.05) is 21.5 Å². The van der Waals surface area contributed by atoms with E-state index in [9.17, 15) is 13.2 Å². The number of aryl methyl sites for hydroxylation is 1. The van der Waals surface area contributed by atoms with E-state index in [4.69, 9.17) is 4.42 Å². The number of halogens is 3. The number of fused-ring (bicyclic) bond motifs is 4. The minimum atomic E-state index is -4.38. The van der Waals surface area contributed by atoms with Crippen LogP contribution >= 0.6 is 0 Å². The molecule has 4 heteroatoms. The lowest BCUT2D eigenvalue weighted by Crippen LogP contribution is -2.04. The highest BCUT2D eigenvalue weighted by Gasteiger charge is 2.30. The molecule has 0 aliphatic rings. The summed E-state index contributed by atoms with van der Waals surface area (Å²) in [4.78, 5) is 0. The van der Waals surface area contributed by atoms with Crippen LogP contribution < -0.4 is 0 Å². The lowest BCUT2D eigenvalue weighted by Gasteiger charge is -2.18. The van der Waals surface area contributed by atoms with Gasteiger partial charge in [0.05, 0.1) is 5.56 Å². The third-order valence-corrected chi connectivity index (χ3v) is 8.13. The molecule has 0 unspecified atom stereocenters. The van der Waals surface area contributed by atoms with E-state index < -0.39 is 11.7 Å². The van der Waals surface area contributed by atoms with Gasteiger partial charge in [0.15, 0.2) is 0 Å². The fourth-order valence-corrected chi connectivity index (χ4v) is 6.19. The van der Waals surface area contributed by atoms with E-state index >= 15 is 0 Å². The van der Waals surface area contributed by atoms with E-state index in [0.717, 1.165) is 94.2 Å². The summed E-state index contributed by atoms with van der Waals surface area (Å²) in [6.45, 7) is 2.06. The Labute approximate surface area is 227 Å². The fraction of sp³-hybridized carbons (Fsp3) is 0.0556. The van der Waals surface area contributed by atoms with E-state index in [1.807, 2.05) is 18.2 Å². The molecule has 7 aromatic carbocycles. The van der Waals surface area contributed by atoms with E-state index in [-0.39, 0.29) is 0 Å². The number of hydrogen-bond acceptors (Lipinski definition) is 1. The number of alkyl halides is 3. The maximum atomic E-state index is 13.4. The molecule has 0 saturated heterocycles. The molecule has 0 saturated carbocycles. The maximum absolute atomic E-state index is 13.4. The SMILES string of the molecule is Cc1ccc(-c2cc(-c3ccc(C(F)(F)F)cc3)c3ccc4c5oc6ccccc6c5cc5ccc2c3c54)cc1. The van der Waals surface area contributed by atoms with Crippen molar-refractivity contribution in [2.75, 3.05) is 0 Å². The molecule has 0 spiro atoms. The van der Waals surface area contributed by atoms with E-state index in [0.29, 0.717) is 0 Å². The van der Waals surface area contributed by atoms with Crippen molar-refractivity contribution in [2.45, 2.75) is 13.1 Å². The molecule has 0 aliphatic heterocycles. The van der Waals surface area contributed by atoms with Gasteiger partial charge in [-0.1, -0.05) is 78.4 Å². The van der Waals surface area contributed by atoms with Crippen molar-refractivity contribution in [3.63, 3.8) is 0 Å². The van der Waals surface area contributed by atoms with Crippen LogP contribution in [0.1, 0.15) is 11.1 Å². The molecule has 0 bridgehead atoms. The van der Waals surface area contributed by atoms with Crippen LogP contribution in [0.15, 0.2) is 114 Å². The van der Waals surface area contributed by atoms with Crippen LogP contribution in [-0.2, 0) is 6.18 Å². The second-order valence-corrected chi connectivity index (χ2v) is 10.5. The van der Waals surface area contributed by atoms with E-state index in [2.05, 4.69) is 73.7 Å². The summed E-state index contributed by atoms with van der Waals surface area (Å²) in [7, 11) is 0. The molecule has 0 N–H and O–H groups in total. The molecule has 1 nitrogen and oxygen atoms in total. The lowest BCUT2D eigenvalue weighted by molar-refractivity contribution is -0.137. The van der Waals surface area contributed by atoms with Gasteiger partial charge in [-0.25, -0.2) is 0 Å². The zero-order chi connectivity index (χ0) is 27.2. The highest BCUT2D eigenvalue weighted by Crippen LogP contribution is 2.47. The summed E-state index contributed by atoms with van der Waals surface area (Å²) in [5, 5.41) is 8.57. The molecular formula is C36H21F3O. The van der Waals surface area contributed by atoms with Gasteiger partial charge >= 0.3 is 6.18 Å². The summed E-state index contributed by atoms with van der Waals surface area (Å²) in [6, 6.07) is 34.8. The van der Waals surface area contributed by atoms with Crippen molar-refractivity contribution >= 4 is 54.3 Å². The van der Waals surface area contributed by atoms with Crippen molar-refractivity contribution in [2.24, 2.45) is 0 Å². The predicted molar refractivity (Wildman–Crippen MR) is 158 cm³/mol. The molecule has 1 heterocycles. The van der Waals surface area contributed by atoms with Crippen LogP contribution in [0.5, 0.6) is 0 Å². The Bertz CT molecular complexity index is 2240. The Kier molecular flexibility index (Phi) is 4.67. The quantitative estimate of drug-likeness (QED) is 0.204. The van der Waals surface area contributed by atoms with Crippen LogP contribution in [0.4, 0.5) is 13.2 Å². The first-order valence-corrected chi connectivity index (χ1v) is 13.2. The van der Waals surface area contributed by atoms with Crippen molar-refractivity contribution in [3.05, 3.63) is 120 Å². The van der Waals surface area contributed by atoms with Crippen molar-refractivity contribution < 1.29 is 17.6 Å². The summed E-state index contributed by atoms with van der Waals surface area (Å²) >= 11 is 0. The van der Waals surface area contributed by atoms with Crippen LogP contribution in [0.25, 0.3) is 76.5 Å². The number of furan rings is 1. The van der Waals surface area contributed by atoms with Crippen LogP contribution in [-0.4, -0.2) is 0 Å². The smallest absolute Gasteiger partial charge is 0.416 e. The summed E-state index contributed by atoms with van der Waals surface area (Å²) in [6.07, 6.45) is -4.38. The van der Waals surface area contributed by atoms with Crippen LogP contribution in [0, 0.1) is 6.92 Å². The van der Waals surface area contributed by atoms with Gasteiger partial charge in [-0.3, -0.25) is 0 Å². The van der Waals surface area contributed by atoms with Crippen molar-refractivity contribution in [1.82, 2.24) is 0 Å². The van der Waals surface area contributed by atoms with Crippen molar-refractivity contribution in [3.8, 4) is 22.3 Å². The number of rotatable bonds is 2. The van der Waals surface area contributed by atoms with E-state index in [1.54, 1.807) is 12.1 Å². The number of para-hydroxylation sites is 1. The third kappa shape index (κ3) is 3.29. The molecule has 0 amide bonds. The lowest BCUT2D eigenvalue weighted by atomic mass is 9.85. The highest BCUT2D eigenvalue weighted by atomic mass is 19.4. The van der Waals surface area contributed by atoms with Gasteiger partial charge < -0.3 is 4.42 Å². The molecule has 0 aliphatic carbocycles. The normalized spacial score (nSPS) is 12.5. The Balaban J connectivity index is 1.51. The molecule has 0 radical (unpaired) electrons. The highest BCUT2D eigenvalue weighted by molar-refractivity contribution is 6.33. The monoisotopic (exact) mass is 526 g/mol. The molecule has 8 rings (SSSR count). The average Bonchev–Trinajstić information content (AvgIpc) is 3.34. The Hall–Kier alpha value is -4.83. The van der Waals surface area contributed by atoms with Gasteiger partial charge in [0.2, 0.25) is 0 Å². The second kappa shape index (κ2) is 8.09. The van der Waals surface area contributed by atoms with Crippen molar-refractivity contribution in [1.29, 1.82) is 0 Å². The van der Waals surface area contributed by atoms with Crippen LogP contribution in [0.2, 0.25) is 0 Å². The van der Waals surface area contributed by atoms with Gasteiger partial charge in [-0.15, -0.1) is 0 Å². The minimum absolute atomic E-state index is 0.653. The Morgan fingerprint density at radius 3 is 1.88 bits per heavy atom. The third-order valence-electron chi connectivity index (χ3n) is 8.13. The van der Waals surface area contributed by atoms with Crippen LogP contribution in [0.3, 0.4) is 0 Å². The van der Waals surface area contributed by atoms with E-state index in [1.165, 1.54) is 0 Å². The first kappa shape index (κ1) is 23.1. The fourth-order valence-electron chi connectivity index (χ4n) is 6.19. The molecule has 0 fully saturated rings. The second-order valence-electron chi connectivity index (χ2n) is 10.5. The topological polar surface area (TPSA) is 13.1 Å². The Morgan fingerprint density at radius 1 is 0.550 bits per heavy atom. The molecule has 40 heavy (non-hydrogen) atoms. The molecule has 8 aromatic rings. The zero-order valence-corrected chi connectivity index (χ0v) is 21.4. The van der Waals surface area contributed by atoms with Gasteiger partial charge in [-0.2, -0.15) is 13.2 Å².